The molecule has 0 bridgehead atoms. The summed E-state index contributed by atoms with van der Waals surface area (Å²) in [4.78, 5) is 0. The van der Waals surface area contributed by atoms with Gasteiger partial charge in [0.2, 0.25) is 10.0 Å². The maximum absolute atomic E-state index is 10.9. The fraction of sp³-hybridized carbons (Fsp3) is 1.00. The molecule has 2 aliphatic heterocycles. The van der Waals surface area contributed by atoms with Crippen LogP contribution in [0.25, 0.3) is 0 Å². The Balaban J connectivity index is 2.06. The van der Waals surface area contributed by atoms with Gasteiger partial charge in [0.05, 0.1) is 19.0 Å². The van der Waals surface area contributed by atoms with Crippen LogP contribution in [-0.2, 0) is 14.8 Å². The fourth-order valence-corrected chi connectivity index (χ4v) is 3.11. The van der Waals surface area contributed by atoms with Crippen molar-refractivity contribution < 1.29 is 13.2 Å². The average Bonchev–Trinajstić information content (AvgIpc) is 2.25. The molecule has 1 unspecified atom stereocenters. The molecule has 0 aromatic carbocycles. The molecule has 2 heterocycles. The quantitative estimate of drug-likeness (QED) is 0.577. The maximum atomic E-state index is 10.9. The van der Waals surface area contributed by atoms with Crippen LogP contribution < -0.4 is 10.5 Å². The zero-order valence-electron chi connectivity index (χ0n) is 7.32. The van der Waals surface area contributed by atoms with Gasteiger partial charge in [-0.05, 0) is 12.5 Å². The van der Waals surface area contributed by atoms with E-state index in [1.165, 1.54) is 0 Å². The van der Waals surface area contributed by atoms with Crippen LogP contribution >= 0.6 is 0 Å². The molecule has 0 aliphatic carbocycles. The van der Waals surface area contributed by atoms with Crippen LogP contribution in [-0.4, -0.2) is 40.5 Å². The number of nitrogens with two attached hydrogens (primary N) is 1. The lowest BCUT2D eigenvalue weighted by Gasteiger charge is -2.41. The van der Waals surface area contributed by atoms with Gasteiger partial charge in [-0.2, -0.15) is 0 Å². The van der Waals surface area contributed by atoms with Gasteiger partial charge in [0, 0.05) is 12.0 Å². The van der Waals surface area contributed by atoms with Crippen LogP contribution in [0.4, 0.5) is 0 Å². The molecule has 0 radical (unpaired) electrons. The zero-order chi connectivity index (χ0) is 9.53. The highest BCUT2D eigenvalue weighted by atomic mass is 32.2. The molecule has 5 nitrogen and oxygen atoms in total. The van der Waals surface area contributed by atoms with Crippen LogP contribution in [0.1, 0.15) is 0 Å². The van der Waals surface area contributed by atoms with Gasteiger partial charge in [0.15, 0.2) is 0 Å². The van der Waals surface area contributed by atoms with Crippen LogP contribution in [0.15, 0.2) is 0 Å². The lowest BCUT2D eigenvalue weighted by atomic mass is 9.77. The van der Waals surface area contributed by atoms with Gasteiger partial charge >= 0.3 is 0 Å². The van der Waals surface area contributed by atoms with Crippen molar-refractivity contribution in [1.82, 2.24) is 5.32 Å². The summed E-state index contributed by atoms with van der Waals surface area (Å²) in [5, 5.41) is 8.21. The summed E-state index contributed by atoms with van der Waals surface area (Å²) >= 11 is 0. The Morgan fingerprint density at radius 1 is 1.54 bits per heavy atom. The van der Waals surface area contributed by atoms with E-state index in [1.54, 1.807) is 0 Å². The van der Waals surface area contributed by atoms with E-state index >= 15 is 0 Å². The highest BCUT2D eigenvalue weighted by Gasteiger charge is 2.49. The van der Waals surface area contributed by atoms with Gasteiger partial charge in [-0.25, -0.2) is 13.6 Å². The summed E-state index contributed by atoms with van der Waals surface area (Å²) in [7, 11) is -3.35. The monoisotopic (exact) mass is 206 g/mol. The van der Waals surface area contributed by atoms with Gasteiger partial charge in [0.1, 0.15) is 0 Å². The third-order valence-electron chi connectivity index (χ3n) is 2.95. The molecule has 2 aliphatic rings. The Bertz CT molecular complexity index is 297. The predicted molar refractivity (Wildman–Crippen MR) is 47.6 cm³/mol. The molecule has 0 aromatic rings. The highest BCUT2D eigenvalue weighted by Crippen LogP contribution is 2.38. The molecule has 0 amide bonds. The molecule has 1 atom stereocenters. The van der Waals surface area contributed by atoms with Gasteiger partial charge in [0.25, 0.3) is 0 Å². The minimum absolute atomic E-state index is 0.0481. The molecular formula is C7H14N2O3S. The van der Waals surface area contributed by atoms with E-state index in [0.717, 1.165) is 13.1 Å². The van der Waals surface area contributed by atoms with E-state index in [1.807, 2.05) is 0 Å². The number of rotatable bonds is 2. The van der Waals surface area contributed by atoms with E-state index in [2.05, 4.69) is 5.32 Å². The number of ether oxygens (including phenoxy) is 1. The lowest BCUT2D eigenvalue weighted by molar-refractivity contribution is -0.120. The topological polar surface area (TPSA) is 81.4 Å². The molecule has 0 aromatic heterocycles. The zero-order valence-corrected chi connectivity index (χ0v) is 8.14. The van der Waals surface area contributed by atoms with E-state index in [4.69, 9.17) is 9.88 Å². The summed E-state index contributed by atoms with van der Waals surface area (Å²) in [6.07, 6.45) is 0. The van der Waals surface area contributed by atoms with Crippen molar-refractivity contribution in [2.24, 2.45) is 16.5 Å². The highest BCUT2D eigenvalue weighted by molar-refractivity contribution is 7.89. The minimum atomic E-state index is -3.35. The van der Waals surface area contributed by atoms with Crippen molar-refractivity contribution in [2.75, 3.05) is 32.1 Å². The van der Waals surface area contributed by atoms with Crippen molar-refractivity contribution in [3.8, 4) is 0 Å². The Labute approximate surface area is 77.7 Å². The smallest absolute Gasteiger partial charge is 0.209 e. The van der Waals surface area contributed by atoms with Gasteiger partial charge in [-0.15, -0.1) is 0 Å². The molecule has 2 saturated heterocycles. The SMILES string of the molecule is NS(=O)(=O)CC1CNCC12COC2. The maximum Gasteiger partial charge on any atom is 0.209 e. The second kappa shape index (κ2) is 2.91. The Kier molecular flexibility index (Phi) is 2.10. The molecule has 2 fully saturated rings. The first-order valence-corrected chi connectivity index (χ1v) is 6.02. The molecule has 2 rings (SSSR count). The molecule has 13 heavy (non-hydrogen) atoms. The summed E-state index contributed by atoms with van der Waals surface area (Å²) in [6, 6.07) is 0. The molecular weight excluding hydrogens is 192 g/mol. The second-order valence-electron chi connectivity index (χ2n) is 4.01. The summed E-state index contributed by atoms with van der Waals surface area (Å²) in [6.45, 7) is 2.92. The first kappa shape index (κ1) is 9.39. The van der Waals surface area contributed by atoms with Gasteiger partial charge in [-0.3, -0.25) is 0 Å². The number of sulfonamides is 1. The summed E-state index contributed by atoms with van der Waals surface area (Å²) in [5.41, 5.74) is 0.0481. The molecule has 3 N–H and O–H groups in total. The summed E-state index contributed by atoms with van der Waals surface area (Å²) < 4.78 is 27.0. The third kappa shape index (κ3) is 1.71. The Morgan fingerprint density at radius 2 is 2.23 bits per heavy atom. The Hall–Kier alpha value is -0.170. The van der Waals surface area contributed by atoms with E-state index in [0.29, 0.717) is 13.2 Å². The van der Waals surface area contributed by atoms with Gasteiger partial charge < -0.3 is 10.1 Å². The first-order chi connectivity index (χ1) is 6.02. The number of primary sulfonamides is 1. The van der Waals surface area contributed by atoms with Crippen LogP contribution in [0.2, 0.25) is 0 Å². The second-order valence-corrected chi connectivity index (χ2v) is 5.67. The lowest BCUT2D eigenvalue weighted by Crippen LogP contribution is -2.50. The van der Waals surface area contributed by atoms with Crippen LogP contribution in [0.5, 0.6) is 0 Å². The van der Waals surface area contributed by atoms with Gasteiger partial charge in [-0.1, -0.05) is 0 Å². The first-order valence-electron chi connectivity index (χ1n) is 4.31. The largest absolute Gasteiger partial charge is 0.380 e. The number of hydrogen-bond acceptors (Lipinski definition) is 4. The van der Waals surface area contributed by atoms with Crippen molar-refractivity contribution in [3.63, 3.8) is 0 Å². The van der Waals surface area contributed by atoms with Crippen LogP contribution in [0, 0.1) is 11.3 Å². The fourth-order valence-electron chi connectivity index (χ4n) is 2.07. The van der Waals surface area contributed by atoms with E-state index in [-0.39, 0.29) is 17.1 Å². The number of hydrogen-bond donors (Lipinski definition) is 2. The average molecular weight is 206 g/mol. The predicted octanol–water partition coefficient (Wildman–Crippen LogP) is -1.49. The van der Waals surface area contributed by atoms with Crippen molar-refractivity contribution >= 4 is 10.0 Å². The standard InChI is InChI=1S/C7H14N2O3S/c8-13(10,11)2-6-1-9-3-7(6)4-12-5-7/h6,9H,1-5H2,(H2,8,10,11). The van der Waals surface area contributed by atoms with Crippen molar-refractivity contribution in [2.45, 2.75) is 0 Å². The van der Waals surface area contributed by atoms with Crippen LogP contribution in [0.3, 0.4) is 0 Å². The van der Waals surface area contributed by atoms with Crippen molar-refractivity contribution in [3.05, 3.63) is 0 Å². The van der Waals surface area contributed by atoms with E-state index in [9.17, 15) is 8.42 Å². The molecule has 0 saturated carbocycles. The van der Waals surface area contributed by atoms with Crippen molar-refractivity contribution in [1.29, 1.82) is 0 Å². The molecule has 1 spiro atoms. The summed E-state index contributed by atoms with van der Waals surface area (Å²) in [5.74, 6) is 0.194. The third-order valence-corrected chi connectivity index (χ3v) is 3.81. The number of nitrogens with one attached hydrogen (secondary N) is 1. The normalized spacial score (nSPS) is 31.9. The molecule has 6 heteroatoms. The Morgan fingerprint density at radius 3 is 2.69 bits per heavy atom. The molecule has 76 valence electrons. The minimum Gasteiger partial charge on any atom is -0.380 e. The van der Waals surface area contributed by atoms with E-state index < -0.39 is 10.0 Å².